The molecule has 5 nitrogen and oxygen atoms in total. The van der Waals surface area contributed by atoms with Crippen LogP contribution >= 0.6 is 0 Å². The second-order valence-electron chi connectivity index (χ2n) is 7.28. The summed E-state index contributed by atoms with van der Waals surface area (Å²) in [6.45, 7) is 8.56. The first kappa shape index (κ1) is 14.2. The van der Waals surface area contributed by atoms with Crippen molar-refractivity contribution < 1.29 is 9.47 Å². The molecule has 0 atom stereocenters. The van der Waals surface area contributed by atoms with Gasteiger partial charge in [0.1, 0.15) is 0 Å². The quantitative estimate of drug-likeness (QED) is 0.804. The number of nitrogens with zero attached hydrogens (tertiary/aromatic N) is 3. The minimum atomic E-state index is -1.14. The van der Waals surface area contributed by atoms with Gasteiger partial charge in [-0.25, -0.2) is 0 Å². The number of aromatic nitrogens is 3. The van der Waals surface area contributed by atoms with Crippen LogP contribution in [0.5, 0.6) is 0 Å². The van der Waals surface area contributed by atoms with Gasteiger partial charge in [0.05, 0.1) is 27.0 Å². The number of rotatable bonds is 3. The van der Waals surface area contributed by atoms with E-state index < -0.39 is 8.07 Å². The number of hydrogen-bond donors (Lipinski definition) is 0. The first-order chi connectivity index (χ1) is 9.46. The normalized spacial score (nSPS) is 23.6. The van der Waals surface area contributed by atoms with E-state index in [9.17, 15) is 0 Å². The molecule has 20 heavy (non-hydrogen) atoms. The van der Waals surface area contributed by atoms with Crippen molar-refractivity contribution >= 4 is 8.07 Å². The molecule has 1 aliphatic heterocycles. The lowest BCUT2D eigenvalue weighted by molar-refractivity contribution is -0.178. The number of ether oxygens (including phenoxy) is 2. The fourth-order valence-electron chi connectivity index (χ4n) is 3.20. The Morgan fingerprint density at radius 1 is 1.25 bits per heavy atom. The van der Waals surface area contributed by atoms with E-state index in [4.69, 9.17) is 9.47 Å². The van der Waals surface area contributed by atoms with E-state index in [1.807, 2.05) is 4.68 Å². The van der Waals surface area contributed by atoms with Gasteiger partial charge >= 0.3 is 0 Å². The average Bonchev–Trinajstić information content (AvgIpc) is 2.99. The molecule has 0 radical (unpaired) electrons. The summed E-state index contributed by atoms with van der Waals surface area (Å²) in [6, 6.07) is 0. The highest BCUT2D eigenvalue weighted by atomic mass is 28.3. The molecule has 0 bridgehead atoms. The Balaban J connectivity index is 1.61. The van der Waals surface area contributed by atoms with Crippen LogP contribution in [0.3, 0.4) is 0 Å². The van der Waals surface area contributed by atoms with Gasteiger partial charge < -0.3 is 9.47 Å². The van der Waals surface area contributed by atoms with Crippen molar-refractivity contribution in [2.45, 2.75) is 63.2 Å². The zero-order chi connectivity index (χ0) is 14.2. The van der Waals surface area contributed by atoms with Crippen molar-refractivity contribution in [3.05, 3.63) is 11.9 Å². The average molecular weight is 295 g/mol. The largest absolute Gasteiger partial charge is 0.348 e. The van der Waals surface area contributed by atoms with Crippen LogP contribution in [0.15, 0.2) is 6.20 Å². The smallest absolute Gasteiger partial charge is 0.168 e. The fourth-order valence-corrected chi connectivity index (χ4v) is 4.33. The molecule has 0 amide bonds. The predicted octanol–water partition coefficient (Wildman–Crippen LogP) is 2.56. The molecule has 1 aromatic rings. The zero-order valence-corrected chi connectivity index (χ0v) is 13.8. The Hall–Kier alpha value is -0.723. The van der Waals surface area contributed by atoms with Crippen molar-refractivity contribution in [1.82, 2.24) is 15.0 Å². The Kier molecular flexibility index (Phi) is 3.72. The Labute approximate surface area is 121 Å². The standard InChI is InChI=1S/C14H25N3O2Si/c1-20(2,3)11-17-10-13(15-16-17)12-4-6-14(7-5-12)18-8-9-19-14/h10,12H,4-9,11H2,1-3H3. The molecule has 1 saturated heterocycles. The van der Waals surface area contributed by atoms with Gasteiger partial charge in [-0.05, 0) is 12.8 Å². The molecular formula is C14H25N3O2Si. The minimum Gasteiger partial charge on any atom is -0.348 e. The highest BCUT2D eigenvalue weighted by Crippen LogP contribution is 2.41. The van der Waals surface area contributed by atoms with Gasteiger partial charge in [0.15, 0.2) is 5.79 Å². The first-order valence-electron chi connectivity index (χ1n) is 7.64. The minimum absolute atomic E-state index is 0.273. The van der Waals surface area contributed by atoms with Crippen LogP contribution in [0.2, 0.25) is 19.6 Å². The molecule has 2 aliphatic rings. The van der Waals surface area contributed by atoms with Crippen molar-refractivity contribution in [3.63, 3.8) is 0 Å². The molecule has 112 valence electrons. The van der Waals surface area contributed by atoms with E-state index in [0.717, 1.165) is 50.8 Å². The molecule has 1 aromatic heterocycles. The molecule has 2 fully saturated rings. The summed E-state index contributed by atoms with van der Waals surface area (Å²) in [6.07, 6.45) is 7.34. The van der Waals surface area contributed by atoms with Crippen LogP contribution in [0.25, 0.3) is 0 Å². The van der Waals surface area contributed by atoms with E-state index in [2.05, 4.69) is 36.1 Å². The molecule has 1 spiro atoms. The van der Waals surface area contributed by atoms with Crippen molar-refractivity contribution in [1.29, 1.82) is 0 Å². The highest BCUT2D eigenvalue weighted by Gasteiger charge is 2.41. The van der Waals surface area contributed by atoms with Crippen molar-refractivity contribution in [2.24, 2.45) is 0 Å². The Bertz CT molecular complexity index is 453. The molecule has 2 heterocycles. The maximum atomic E-state index is 5.78. The molecule has 1 aliphatic carbocycles. The van der Waals surface area contributed by atoms with Crippen molar-refractivity contribution in [2.75, 3.05) is 13.2 Å². The zero-order valence-electron chi connectivity index (χ0n) is 12.8. The molecule has 1 saturated carbocycles. The van der Waals surface area contributed by atoms with Gasteiger partial charge in [-0.3, -0.25) is 4.68 Å². The van der Waals surface area contributed by atoms with Gasteiger partial charge in [0.25, 0.3) is 0 Å². The van der Waals surface area contributed by atoms with Crippen molar-refractivity contribution in [3.8, 4) is 0 Å². The lowest BCUT2D eigenvalue weighted by atomic mass is 9.83. The third-order valence-electron chi connectivity index (χ3n) is 4.17. The van der Waals surface area contributed by atoms with E-state index in [-0.39, 0.29) is 5.79 Å². The topological polar surface area (TPSA) is 49.2 Å². The molecule has 6 heteroatoms. The Morgan fingerprint density at radius 2 is 1.90 bits per heavy atom. The second-order valence-corrected chi connectivity index (χ2v) is 12.7. The van der Waals surface area contributed by atoms with Gasteiger partial charge in [-0.2, -0.15) is 0 Å². The van der Waals surface area contributed by atoms with E-state index >= 15 is 0 Å². The van der Waals surface area contributed by atoms with E-state index in [0.29, 0.717) is 5.92 Å². The highest BCUT2D eigenvalue weighted by molar-refractivity contribution is 6.74. The fraction of sp³-hybridized carbons (Fsp3) is 0.857. The molecule has 0 N–H and O–H groups in total. The Morgan fingerprint density at radius 3 is 2.50 bits per heavy atom. The SMILES string of the molecule is C[Si](C)(C)Cn1cc(C2CCC3(CC2)OCCO3)nn1. The maximum Gasteiger partial charge on any atom is 0.168 e. The summed E-state index contributed by atoms with van der Waals surface area (Å²) in [5, 5.41) is 8.70. The van der Waals surface area contributed by atoms with E-state index in [1.165, 1.54) is 0 Å². The summed E-state index contributed by atoms with van der Waals surface area (Å²) in [4.78, 5) is 0. The van der Waals surface area contributed by atoms with E-state index in [1.54, 1.807) is 0 Å². The molecular weight excluding hydrogens is 270 g/mol. The second kappa shape index (κ2) is 5.24. The van der Waals surface area contributed by atoms with Gasteiger partial charge in [-0.1, -0.05) is 24.9 Å². The van der Waals surface area contributed by atoms with Crippen LogP contribution in [0.4, 0.5) is 0 Å². The molecule has 0 unspecified atom stereocenters. The van der Waals surface area contributed by atoms with Gasteiger partial charge in [0, 0.05) is 31.1 Å². The van der Waals surface area contributed by atoms with Crippen LogP contribution in [-0.2, 0) is 15.6 Å². The van der Waals surface area contributed by atoms with Crippen LogP contribution in [-0.4, -0.2) is 42.1 Å². The van der Waals surface area contributed by atoms with Crippen LogP contribution < -0.4 is 0 Å². The summed E-state index contributed by atoms with van der Waals surface area (Å²) in [5.74, 6) is 0.244. The maximum absolute atomic E-state index is 5.78. The molecule has 3 rings (SSSR count). The molecule has 0 aromatic carbocycles. The summed E-state index contributed by atoms with van der Waals surface area (Å²) in [5.41, 5.74) is 1.15. The summed E-state index contributed by atoms with van der Waals surface area (Å²) < 4.78 is 13.6. The summed E-state index contributed by atoms with van der Waals surface area (Å²) in [7, 11) is -1.14. The lowest BCUT2D eigenvalue weighted by Gasteiger charge is -2.34. The first-order valence-corrected chi connectivity index (χ1v) is 11.3. The third kappa shape index (κ3) is 3.12. The predicted molar refractivity (Wildman–Crippen MR) is 79.2 cm³/mol. The lowest BCUT2D eigenvalue weighted by Crippen LogP contribution is -2.34. The van der Waals surface area contributed by atoms with Gasteiger partial charge in [0.2, 0.25) is 0 Å². The van der Waals surface area contributed by atoms with Crippen LogP contribution in [0, 0.1) is 0 Å². The third-order valence-corrected chi connectivity index (χ3v) is 5.44. The van der Waals surface area contributed by atoms with Gasteiger partial charge in [-0.15, -0.1) is 5.10 Å². The summed E-state index contributed by atoms with van der Waals surface area (Å²) >= 11 is 0. The van der Waals surface area contributed by atoms with Crippen LogP contribution in [0.1, 0.15) is 37.3 Å². The number of hydrogen-bond acceptors (Lipinski definition) is 4. The monoisotopic (exact) mass is 295 g/mol.